The van der Waals surface area contributed by atoms with Crippen LogP contribution in [0.1, 0.15) is 5.56 Å². The smallest absolute Gasteiger partial charge is 0.323 e. The van der Waals surface area contributed by atoms with Crippen LogP contribution in [-0.4, -0.2) is 23.7 Å². The second-order valence-corrected chi connectivity index (χ2v) is 5.40. The molecule has 0 unspecified atom stereocenters. The molecule has 0 saturated heterocycles. The Balaban J connectivity index is 2.01. The normalized spacial score (nSPS) is 12.5. The molecule has 1 heterocycles. The second-order valence-electron chi connectivity index (χ2n) is 4.96. The van der Waals surface area contributed by atoms with E-state index in [-0.39, 0.29) is 6.54 Å². The monoisotopic (exact) mass is 332 g/mol. The van der Waals surface area contributed by atoms with Crippen LogP contribution in [0.15, 0.2) is 42.5 Å². The largest absolute Gasteiger partial charge is 0.480 e. The Morgan fingerprint density at radius 2 is 2.00 bits per heavy atom. The van der Waals surface area contributed by atoms with Gasteiger partial charge in [-0.2, -0.15) is 0 Å². The van der Waals surface area contributed by atoms with Crippen LogP contribution in [0.4, 0.5) is 10.5 Å². The highest BCUT2D eigenvalue weighted by molar-refractivity contribution is 6.31. The van der Waals surface area contributed by atoms with Gasteiger partial charge in [0.15, 0.2) is 5.75 Å². The van der Waals surface area contributed by atoms with Gasteiger partial charge in [0.1, 0.15) is 12.3 Å². The Hall–Kier alpha value is -2.73. The molecule has 0 aromatic heterocycles. The van der Waals surface area contributed by atoms with Crippen molar-refractivity contribution in [2.24, 2.45) is 0 Å². The number of nitrogens with one attached hydrogen (secondary N) is 1. The van der Waals surface area contributed by atoms with E-state index in [4.69, 9.17) is 21.4 Å². The number of amides is 2. The van der Waals surface area contributed by atoms with Gasteiger partial charge in [-0.25, -0.2) is 4.79 Å². The number of urea groups is 1. The van der Waals surface area contributed by atoms with E-state index in [9.17, 15) is 9.59 Å². The van der Waals surface area contributed by atoms with Gasteiger partial charge in [0.25, 0.3) is 0 Å². The van der Waals surface area contributed by atoms with Crippen molar-refractivity contribution >= 4 is 29.3 Å². The molecule has 2 aromatic carbocycles. The number of fused-ring (bicyclic) bond motifs is 2. The van der Waals surface area contributed by atoms with Crippen molar-refractivity contribution in [3.63, 3.8) is 0 Å². The van der Waals surface area contributed by atoms with E-state index < -0.39 is 18.5 Å². The molecule has 23 heavy (non-hydrogen) atoms. The molecular weight excluding hydrogens is 320 g/mol. The lowest BCUT2D eigenvalue weighted by Crippen LogP contribution is -2.41. The van der Waals surface area contributed by atoms with Crippen molar-refractivity contribution in [1.29, 1.82) is 0 Å². The maximum Gasteiger partial charge on any atom is 0.323 e. The summed E-state index contributed by atoms with van der Waals surface area (Å²) in [5.41, 5.74) is 1.29. The number of anilines is 1. The third-order valence-electron chi connectivity index (χ3n) is 3.37. The number of rotatable bonds is 2. The van der Waals surface area contributed by atoms with Crippen LogP contribution in [0.25, 0.3) is 0 Å². The van der Waals surface area contributed by atoms with Crippen molar-refractivity contribution in [2.75, 3.05) is 11.4 Å². The molecular formula is C16H13ClN2O4. The molecule has 1 aliphatic rings. The number of hydrogen-bond donors (Lipinski definition) is 2. The van der Waals surface area contributed by atoms with Crippen molar-refractivity contribution in [3.8, 4) is 11.5 Å². The zero-order valence-electron chi connectivity index (χ0n) is 12.0. The van der Waals surface area contributed by atoms with E-state index in [2.05, 4.69) is 5.32 Å². The van der Waals surface area contributed by atoms with Gasteiger partial charge in [-0.1, -0.05) is 29.8 Å². The third kappa shape index (κ3) is 3.22. The predicted octanol–water partition coefficient (Wildman–Crippen LogP) is 3.25. The third-order valence-corrected chi connectivity index (χ3v) is 3.60. The van der Waals surface area contributed by atoms with Gasteiger partial charge >= 0.3 is 12.0 Å². The molecule has 2 N–H and O–H groups in total. The van der Waals surface area contributed by atoms with Crippen molar-refractivity contribution in [2.45, 2.75) is 6.54 Å². The highest BCUT2D eigenvalue weighted by Gasteiger charge is 2.25. The zero-order valence-corrected chi connectivity index (χ0v) is 12.7. The molecule has 0 aliphatic carbocycles. The standard InChI is InChI=1S/C16H13ClN2O4/c17-11-5-6-14-12(7-11)19(16(22)18-8-15(20)21)9-10-3-1-2-4-13(10)23-14/h1-7H,8-9H2,(H,18,22)(H,20,21). The van der Waals surface area contributed by atoms with E-state index >= 15 is 0 Å². The first-order chi connectivity index (χ1) is 11.0. The van der Waals surface area contributed by atoms with E-state index in [0.717, 1.165) is 5.56 Å². The maximum atomic E-state index is 12.4. The first-order valence-corrected chi connectivity index (χ1v) is 7.25. The first-order valence-electron chi connectivity index (χ1n) is 6.87. The van der Waals surface area contributed by atoms with E-state index in [1.807, 2.05) is 24.3 Å². The number of halogens is 1. The van der Waals surface area contributed by atoms with Crippen LogP contribution in [0.2, 0.25) is 5.02 Å². The molecule has 0 fully saturated rings. The summed E-state index contributed by atoms with van der Waals surface area (Å²) < 4.78 is 5.87. The number of benzene rings is 2. The fourth-order valence-electron chi connectivity index (χ4n) is 2.32. The highest BCUT2D eigenvalue weighted by Crippen LogP contribution is 2.40. The number of para-hydroxylation sites is 1. The average Bonchev–Trinajstić information content (AvgIpc) is 2.69. The Bertz CT molecular complexity index is 778. The summed E-state index contributed by atoms with van der Waals surface area (Å²) in [5, 5.41) is 11.5. The van der Waals surface area contributed by atoms with Gasteiger partial charge in [0.2, 0.25) is 0 Å². The minimum atomic E-state index is -1.11. The number of carboxylic acid groups (broad SMARTS) is 1. The maximum absolute atomic E-state index is 12.4. The van der Waals surface area contributed by atoms with Gasteiger partial charge in [-0.3, -0.25) is 9.69 Å². The van der Waals surface area contributed by atoms with Crippen LogP contribution >= 0.6 is 11.6 Å². The zero-order chi connectivity index (χ0) is 16.4. The molecule has 1 aliphatic heterocycles. The lowest BCUT2D eigenvalue weighted by molar-refractivity contribution is -0.135. The Kier molecular flexibility index (Phi) is 4.08. The number of carbonyl (C=O) groups excluding carboxylic acids is 1. The van der Waals surface area contributed by atoms with Gasteiger partial charge < -0.3 is 15.2 Å². The molecule has 0 bridgehead atoms. The highest BCUT2D eigenvalue weighted by atomic mass is 35.5. The molecule has 3 rings (SSSR count). The van der Waals surface area contributed by atoms with E-state index in [1.54, 1.807) is 18.2 Å². The van der Waals surface area contributed by atoms with Gasteiger partial charge in [0.05, 0.1) is 12.2 Å². The lowest BCUT2D eigenvalue weighted by Gasteiger charge is -2.22. The predicted molar refractivity (Wildman–Crippen MR) is 85.2 cm³/mol. The van der Waals surface area contributed by atoms with Crippen LogP contribution in [0.5, 0.6) is 11.5 Å². The molecule has 118 valence electrons. The van der Waals surface area contributed by atoms with Gasteiger partial charge in [-0.15, -0.1) is 0 Å². The van der Waals surface area contributed by atoms with E-state index in [1.165, 1.54) is 4.90 Å². The number of aliphatic carboxylic acids is 1. The molecule has 2 amide bonds. The van der Waals surface area contributed by atoms with Gasteiger partial charge in [0, 0.05) is 10.6 Å². The summed E-state index contributed by atoms with van der Waals surface area (Å²) in [6, 6.07) is 11.8. The number of carboxylic acids is 1. The number of ether oxygens (including phenoxy) is 1. The Morgan fingerprint density at radius 3 is 2.78 bits per heavy atom. The molecule has 6 nitrogen and oxygen atoms in total. The number of hydrogen-bond acceptors (Lipinski definition) is 3. The fraction of sp³-hybridized carbons (Fsp3) is 0.125. The average molecular weight is 333 g/mol. The quantitative estimate of drug-likeness (QED) is 0.884. The summed E-state index contributed by atoms with van der Waals surface area (Å²) in [4.78, 5) is 24.5. The molecule has 0 atom stereocenters. The lowest BCUT2D eigenvalue weighted by atomic mass is 10.2. The molecule has 0 saturated carbocycles. The summed E-state index contributed by atoms with van der Waals surface area (Å²) in [7, 11) is 0. The Labute approximate surface area is 137 Å². The Morgan fingerprint density at radius 1 is 1.22 bits per heavy atom. The first kappa shape index (κ1) is 15.2. The molecule has 0 spiro atoms. The minimum absolute atomic E-state index is 0.245. The summed E-state index contributed by atoms with van der Waals surface area (Å²) in [6.45, 7) is -0.220. The second kappa shape index (κ2) is 6.18. The number of nitrogens with zero attached hydrogens (tertiary/aromatic N) is 1. The SMILES string of the molecule is O=C(O)CNC(=O)N1Cc2ccccc2Oc2ccc(Cl)cc21. The summed E-state index contributed by atoms with van der Waals surface area (Å²) in [5.74, 6) is 0.00516. The molecule has 7 heteroatoms. The van der Waals surface area contributed by atoms with Crippen molar-refractivity contribution in [1.82, 2.24) is 5.32 Å². The van der Waals surface area contributed by atoms with Crippen LogP contribution in [0.3, 0.4) is 0 Å². The summed E-state index contributed by atoms with van der Waals surface area (Å²) >= 11 is 6.03. The van der Waals surface area contributed by atoms with Crippen LogP contribution in [0, 0.1) is 0 Å². The topological polar surface area (TPSA) is 78.9 Å². The fourth-order valence-corrected chi connectivity index (χ4v) is 2.49. The molecule has 2 aromatic rings. The van der Waals surface area contributed by atoms with Crippen molar-refractivity contribution < 1.29 is 19.4 Å². The number of carbonyl (C=O) groups is 2. The van der Waals surface area contributed by atoms with Gasteiger partial charge in [-0.05, 0) is 24.3 Å². The van der Waals surface area contributed by atoms with Crippen LogP contribution in [-0.2, 0) is 11.3 Å². The molecule has 0 radical (unpaired) electrons. The van der Waals surface area contributed by atoms with Crippen molar-refractivity contribution in [3.05, 3.63) is 53.1 Å². The van der Waals surface area contributed by atoms with Crippen LogP contribution < -0.4 is 15.0 Å². The minimum Gasteiger partial charge on any atom is -0.480 e. The summed E-state index contributed by atoms with van der Waals surface area (Å²) in [6.07, 6.45) is 0. The van der Waals surface area contributed by atoms with E-state index in [0.29, 0.717) is 22.2 Å².